The monoisotopic (exact) mass is 268 g/mol. The summed E-state index contributed by atoms with van der Waals surface area (Å²) in [5.41, 5.74) is 0.728. The lowest BCUT2D eigenvalue weighted by molar-refractivity contribution is -0.181. The Bertz CT molecular complexity index is 460. The lowest BCUT2D eigenvalue weighted by Crippen LogP contribution is -2.47. The summed E-state index contributed by atoms with van der Waals surface area (Å²) in [7, 11) is 0. The van der Waals surface area contributed by atoms with Gasteiger partial charge >= 0.3 is 5.97 Å². The van der Waals surface area contributed by atoms with Crippen LogP contribution in [-0.2, 0) is 4.74 Å². The number of benzene rings is 1. The van der Waals surface area contributed by atoms with E-state index in [-0.39, 0.29) is 12.0 Å². The van der Waals surface area contributed by atoms with Crippen molar-refractivity contribution in [2.75, 3.05) is 6.61 Å². The minimum Gasteiger partial charge on any atom is -0.478 e. The lowest BCUT2D eigenvalue weighted by atomic mass is 9.93. The highest BCUT2D eigenvalue weighted by Crippen LogP contribution is 2.32. The van der Waals surface area contributed by atoms with Crippen LogP contribution in [0.1, 0.15) is 28.4 Å². The zero-order valence-electron chi connectivity index (χ0n) is 10.1. The Hall–Kier alpha value is -1.47. The molecule has 19 heavy (non-hydrogen) atoms. The van der Waals surface area contributed by atoms with Gasteiger partial charge in [-0.25, -0.2) is 4.79 Å². The summed E-state index contributed by atoms with van der Waals surface area (Å²) in [4.78, 5) is 10.9. The molecular weight excluding hydrogens is 252 g/mol. The van der Waals surface area contributed by atoms with Crippen LogP contribution in [0, 0.1) is 0 Å². The molecule has 1 aromatic carbocycles. The molecule has 6 nitrogen and oxygen atoms in total. The normalized spacial score (nSPS) is 31.1. The molecule has 0 aromatic heterocycles. The highest BCUT2D eigenvalue weighted by molar-refractivity contribution is 5.87. The summed E-state index contributed by atoms with van der Waals surface area (Å²) in [5, 5.41) is 37.4. The molecule has 0 spiro atoms. The number of ether oxygens (including phenoxy) is 1. The molecular formula is C13H16O6. The van der Waals surface area contributed by atoms with E-state index in [9.17, 15) is 15.0 Å². The van der Waals surface area contributed by atoms with Crippen LogP contribution in [0.4, 0.5) is 0 Å². The SMILES string of the molecule is O=C(O)c1cccc([C@H]2C[C@@H](O)[C@H](O)[C@@H](CO)O2)c1. The van der Waals surface area contributed by atoms with E-state index in [1.807, 2.05) is 0 Å². The van der Waals surface area contributed by atoms with E-state index in [0.29, 0.717) is 5.56 Å². The molecule has 1 heterocycles. The molecule has 1 aliphatic rings. The highest BCUT2D eigenvalue weighted by atomic mass is 16.5. The van der Waals surface area contributed by atoms with E-state index in [1.54, 1.807) is 12.1 Å². The van der Waals surface area contributed by atoms with Crippen molar-refractivity contribution >= 4 is 5.97 Å². The van der Waals surface area contributed by atoms with E-state index < -0.39 is 37.0 Å². The van der Waals surface area contributed by atoms with Crippen LogP contribution in [0.5, 0.6) is 0 Å². The molecule has 0 aliphatic carbocycles. The standard InChI is InChI=1S/C13H16O6/c14-6-11-12(16)9(15)5-10(19-11)7-2-1-3-8(4-7)13(17)18/h1-4,9-12,14-16H,5-6H2,(H,17,18)/t9-,10-,11-,12+/m1/s1. The van der Waals surface area contributed by atoms with Gasteiger partial charge in [0.25, 0.3) is 0 Å². The van der Waals surface area contributed by atoms with Crippen LogP contribution in [-0.4, -0.2) is 51.3 Å². The van der Waals surface area contributed by atoms with Crippen molar-refractivity contribution in [2.24, 2.45) is 0 Å². The topological polar surface area (TPSA) is 107 Å². The third-order valence-electron chi connectivity index (χ3n) is 3.26. The number of carboxylic acids is 1. The van der Waals surface area contributed by atoms with Crippen molar-refractivity contribution in [3.05, 3.63) is 35.4 Å². The molecule has 2 rings (SSSR count). The zero-order valence-corrected chi connectivity index (χ0v) is 10.1. The summed E-state index contributed by atoms with van der Waals surface area (Å²) >= 11 is 0. The van der Waals surface area contributed by atoms with Gasteiger partial charge in [-0.1, -0.05) is 12.1 Å². The maximum Gasteiger partial charge on any atom is 0.335 e. The number of rotatable bonds is 3. The molecule has 1 fully saturated rings. The first-order chi connectivity index (χ1) is 9.02. The van der Waals surface area contributed by atoms with Gasteiger partial charge in [0.1, 0.15) is 12.2 Å². The Balaban J connectivity index is 2.22. The zero-order chi connectivity index (χ0) is 14.0. The molecule has 4 atom stereocenters. The Kier molecular flexibility index (Phi) is 4.16. The summed E-state index contributed by atoms with van der Waals surface area (Å²) < 4.78 is 5.49. The van der Waals surface area contributed by atoms with Gasteiger partial charge in [0.15, 0.2) is 0 Å². The van der Waals surface area contributed by atoms with Crippen LogP contribution < -0.4 is 0 Å². The molecule has 4 N–H and O–H groups in total. The van der Waals surface area contributed by atoms with Gasteiger partial charge in [-0.3, -0.25) is 0 Å². The number of aromatic carboxylic acids is 1. The molecule has 0 saturated carbocycles. The average molecular weight is 268 g/mol. The molecule has 6 heteroatoms. The summed E-state index contributed by atoms with van der Waals surface area (Å²) in [6, 6.07) is 6.21. The number of aliphatic hydroxyl groups excluding tert-OH is 3. The number of carboxylic acid groups (broad SMARTS) is 1. The first-order valence-electron chi connectivity index (χ1n) is 5.98. The molecule has 0 unspecified atom stereocenters. The van der Waals surface area contributed by atoms with Crippen molar-refractivity contribution < 1.29 is 30.0 Å². The first-order valence-corrected chi connectivity index (χ1v) is 5.98. The second-order valence-electron chi connectivity index (χ2n) is 4.57. The Morgan fingerprint density at radius 1 is 1.37 bits per heavy atom. The van der Waals surface area contributed by atoms with Gasteiger partial charge in [-0.15, -0.1) is 0 Å². The minimum atomic E-state index is -1.14. The van der Waals surface area contributed by atoms with E-state index >= 15 is 0 Å². The van der Waals surface area contributed by atoms with Gasteiger partial charge in [0, 0.05) is 6.42 Å². The van der Waals surface area contributed by atoms with Gasteiger partial charge in [0.05, 0.1) is 24.4 Å². The van der Waals surface area contributed by atoms with Gasteiger partial charge < -0.3 is 25.2 Å². The van der Waals surface area contributed by atoms with Crippen LogP contribution >= 0.6 is 0 Å². The highest BCUT2D eigenvalue weighted by Gasteiger charge is 2.36. The number of carbonyl (C=O) groups is 1. The van der Waals surface area contributed by atoms with Gasteiger partial charge in [-0.2, -0.15) is 0 Å². The molecule has 0 amide bonds. The second kappa shape index (κ2) is 5.66. The average Bonchev–Trinajstić information content (AvgIpc) is 2.41. The first kappa shape index (κ1) is 14.0. The largest absolute Gasteiger partial charge is 0.478 e. The molecule has 0 radical (unpaired) electrons. The van der Waals surface area contributed by atoms with E-state index in [0.717, 1.165) is 0 Å². The quantitative estimate of drug-likeness (QED) is 0.611. The summed E-state index contributed by atoms with van der Waals surface area (Å²) in [5.74, 6) is -1.04. The van der Waals surface area contributed by atoms with Crippen molar-refractivity contribution in [3.8, 4) is 0 Å². The third-order valence-corrected chi connectivity index (χ3v) is 3.26. The lowest BCUT2D eigenvalue weighted by Gasteiger charge is -2.36. The van der Waals surface area contributed by atoms with Gasteiger partial charge in [-0.05, 0) is 17.7 Å². The van der Waals surface area contributed by atoms with Crippen molar-refractivity contribution in [1.29, 1.82) is 0 Å². The molecule has 104 valence electrons. The molecule has 0 bridgehead atoms. The maximum atomic E-state index is 10.9. The van der Waals surface area contributed by atoms with E-state index in [4.69, 9.17) is 14.9 Å². The Morgan fingerprint density at radius 3 is 2.74 bits per heavy atom. The Morgan fingerprint density at radius 2 is 2.11 bits per heavy atom. The van der Waals surface area contributed by atoms with Crippen LogP contribution in [0.3, 0.4) is 0 Å². The summed E-state index contributed by atoms with van der Waals surface area (Å²) in [6.45, 7) is -0.409. The smallest absolute Gasteiger partial charge is 0.335 e. The van der Waals surface area contributed by atoms with E-state index in [1.165, 1.54) is 12.1 Å². The Labute approximate surface area is 109 Å². The minimum absolute atomic E-state index is 0.127. The second-order valence-corrected chi connectivity index (χ2v) is 4.57. The molecule has 1 aliphatic heterocycles. The number of hydrogen-bond acceptors (Lipinski definition) is 5. The fourth-order valence-electron chi connectivity index (χ4n) is 2.19. The van der Waals surface area contributed by atoms with Gasteiger partial charge in [0.2, 0.25) is 0 Å². The third kappa shape index (κ3) is 2.93. The maximum absolute atomic E-state index is 10.9. The molecule has 1 saturated heterocycles. The fraction of sp³-hybridized carbons (Fsp3) is 0.462. The number of aliphatic hydroxyl groups is 3. The van der Waals surface area contributed by atoms with E-state index in [2.05, 4.69) is 0 Å². The molecule has 1 aromatic rings. The predicted octanol–water partition coefficient (Wildman–Crippen LogP) is -0.0711. The summed E-state index contributed by atoms with van der Waals surface area (Å²) in [6.07, 6.45) is -3.41. The predicted molar refractivity (Wildman–Crippen MR) is 64.7 cm³/mol. The van der Waals surface area contributed by atoms with Crippen LogP contribution in [0.15, 0.2) is 24.3 Å². The van der Waals surface area contributed by atoms with Crippen molar-refractivity contribution in [3.63, 3.8) is 0 Å². The number of hydrogen-bond donors (Lipinski definition) is 4. The van der Waals surface area contributed by atoms with Crippen molar-refractivity contribution in [1.82, 2.24) is 0 Å². The van der Waals surface area contributed by atoms with Crippen LogP contribution in [0.2, 0.25) is 0 Å². The van der Waals surface area contributed by atoms with Crippen LogP contribution in [0.25, 0.3) is 0 Å². The van der Waals surface area contributed by atoms with Crippen molar-refractivity contribution in [2.45, 2.75) is 30.8 Å². The fourth-order valence-corrected chi connectivity index (χ4v) is 2.19.